The maximum absolute atomic E-state index is 13.1. The molecular weight excluding hydrogens is 1100 g/mol. The average Bonchev–Trinajstić information content (AvgIpc) is 3.97. The van der Waals surface area contributed by atoms with Crippen molar-refractivity contribution in [2.75, 3.05) is 50.0 Å². The third kappa shape index (κ3) is 15.0. The van der Waals surface area contributed by atoms with E-state index in [4.69, 9.17) is 41.9 Å². The molecule has 0 bridgehead atoms. The molecular formula is C27H41ClN10Na4O16P4S4+4. The first-order valence-electron chi connectivity index (χ1n) is 17.8. The molecule has 66 heavy (non-hydrogen) atoms. The van der Waals surface area contributed by atoms with E-state index in [-0.39, 0.29) is 130 Å². The van der Waals surface area contributed by atoms with Crippen LogP contribution >= 0.6 is 76.1 Å². The van der Waals surface area contributed by atoms with Crippen molar-refractivity contribution < 1.29 is 194 Å². The Morgan fingerprint density at radius 3 is 1.68 bits per heavy atom. The number of hydrogen-bond acceptors (Lipinski definition) is 24. The van der Waals surface area contributed by atoms with Crippen molar-refractivity contribution in [1.29, 1.82) is 0 Å². The summed E-state index contributed by atoms with van der Waals surface area (Å²) in [7, 11) is -8.27. The fraction of sp³-hybridized carbons (Fsp3) is 0.630. The van der Waals surface area contributed by atoms with Gasteiger partial charge in [-0.1, -0.05) is 54.3 Å². The Morgan fingerprint density at radius 2 is 1.23 bits per heavy atom. The number of aliphatic hydroxyl groups excluding tert-OH is 4. The number of alkyl halides is 1. The number of ether oxygens (including phenoxy) is 2. The van der Waals surface area contributed by atoms with Gasteiger partial charge in [0.1, 0.15) is 36.6 Å². The number of imidazole rings is 2. The normalized spacial score (nSPS) is 26.9. The van der Waals surface area contributed by atoms with Gasteiger partial charge in [-0.05, 0) is 24.5 Å². The van der Waals surface area contributed by atoms with Crippen LogP contribution in [0.1, 0.15) is 25.8 Å². The van der Waals surface area contributed by atoms with Crippen LogP contribution in [0.15, 0.2) is 23.0 Å². The first-order chi connectivity index (χ1) is 29.1. The predicted octanol–water partition coefficient (Wildman–Crippen LogP) is -9.56. The molecule has 39 heteroatoms. The first-order valence-corrected chi connectivity index (χ1v) is 29.0. The number of nitrogens with zero attached hydrogens (tertiary/aromatic N) is 8. The van der Waals surface area contributed by atoms with Gasteiger partial charge in [0.05, 0.1) is 25.9 Å². The Balaban J connectivity index is 0.00000374. The molecule has 0 aromatic carbocycles. The van der Waals surface area contributed by atoms with Gasteiger partial charge in [-0.15, -0.1) is 0 Å². The minimum atomic E-state index is -5.77. The monoisotopic (exact) mass is 1140 g/mol. The molecule has 4 aromatic rings. The van der Waals surface area contributed by atoms with Gasteiger partial charge in [0, 0.05) is 19.8 Å². The van der Waals surface area contributed by atoms with Crippen LogP contribution in [0, 0.1) is 0 Å². The van der Waals surface area contributed by atoms with E-state index >= 15 is 0 Å². The third-order valence-corrected chi connectivity index (χ3v) is 21.2. The zero-order valence-corrected chi connectivity index (χ0v) is 52.1. The molecule has 13 atom stereocenters. The van der Waals surface area contributed by atoms with Crippen molar-refractivity contribution in [1.82, 2.24) is 39.0 Å². The van der Waals surface area contributed by atoms with Crippen LogP contribution in [-0.4, -0.2) is 155 Å². The number of aromatic nitrogens is 8. The molecule has 2 aliphatic heterocycles. The molecule has 346 valence electrons. The first kappa shape index (κ1) is 65.0. The Kier molecular flexibility index (Phi) is 26.6. The van der Waals surface area contributed by atoms with Gasteiger partial charge >= 0.3 is 147 Å². The molecule has 26 nitrogen and oxygen atoms in total. The van der Waals surface area contributed by atoms with Crippen LogP contribution in [0.25, 0.3) is 22.3 Å². The van der Waals surface area contributed by atoms with E-state index < -0.39 is 95.9 Å². The number of aliphatic hydroxyl groups is 4. The van der Waals surface area contributed by atoms with E-state index in [2.05, 4.69) is 61.4 Å². The minimum Gasteiger partial charge on any atom is -0.387 e. The van der Waals surface area contributed by atoms with E-state index in [1.807, 2.05) is 6.92 Å². The van der Waals surface area contributed by atoms with Gasteiger partial charge in [-0.2, -0.15) is 0 Å². The van der Waals surface area contributed by atoms with E-state index in [9.17, 15) is 48.8 Å². The quantitative estimate of drug-likeness (QED) is 0.00981. The van der Waals surface area contributed by atoms with Crippen LogP contribution < -0.4 is 129 Å². The maximum Gasteiger partial charge on any atom is 1.00 e. The largest absolute Gasteiger partial charge is 1.00 e. The number of hydrogen-bond donors (Lipinski definition) is 10. The average molecular weight is 1140 g/mol. The van der Waals surface area contributed by atoms with Crippen LogP contribution in [0.4, 0.5) is 11.6 Å². The number of rotatable bonds is 20. The summed E-state index contributed by atoms with van der Waals surface area (Å²) in [5.74, 6) is 1.48. The SMILES string of the molecule is CCCSc1nc(NC)c2ncn([C@@H]3O[C@H](COP(O)(=S)OP(=O)(O)C(Cl)P(=O)(O)OP(=O)(S)OC[C@H]4O[C@@H](n5cnc6c(NC)nc(SC)nc65)[C@H](O)[C@@H]4O)[C@@H](O)[C@H]3O)c2n1.[Na+].[Na+].[Na+].[Na+]. The Labute approximate surface area is 488 Å². The Morgan fingerprint density at radius 1 is 0.788 bits per heavy atom. The molecule has 0 aliphatic carbocycles. The van der Waals surface area contributed by atoms with Gasteiger partial charge in [0.15, 0.2) is 56.7 Å². The second kappa shape index (κ2) is 27.1. The van der Waals surface area contributed by atoms with Gasteiger partial charge in [-0.3, -0.25) is 22.8 Å². The molecule has 6 rings (SSSR count). The van der Waals surface area contributed by atoms with Gasteiger partial charge in [0.25, 0.3) is 0 Å². The molecule has 2 aliphatic rings. The van der Waals surface area contributed by atoms with Gasteiger partial charge < -0.3 is 59.7 Å². The fourth-order valence-corrected chi connectivity index (χ4v) is 16.1. The topological polar surface area (TPSA) is 359 Å². The number of anilines is 2. The fourth-order valence-electron chi connectivity index (χ4n) is 6.00. The van der Waals surface area contributed by atoms with Crippen molar-refractivity contribution in [3.05, 3.63) is 12.7 Å². The van der Waals surface area contributed by atoms with Crippen LogP contribution in [0.2, 0.25) is 0 Å². The van der Waals surface area contributed by atoms with E-state index in [0.29, 0.717) is 38.7 Å². The van der Waals surface area contributed by atoms with Crippen molar-refractivity contribution in [3.8, 4) is 0 Å². The predicted molar refractivity (Wildman–Crippen MR) is 231 cm³/mol. The Hall–Kier alpha value is 2.86. The zero-order valence-electron chi connectivity index (χ0n) is 36.4. The molecule has 6 heterocycles. The summed E-state index contributed by atoms with van der Waals surface area (Å²) in [6, 6.07) is 0. The van der Waals surface area contributed by atoms with Gasteiger partial charge in [0.2, 0.25) is 4.86 Å². The molecule has 2 fully saturated rings. The minimum absolute atomic E-state index is 0. The maximum atomic E-state index is 13.1. The molecule has 0 radical (unpaired) electrons. The number of fused-ring (bicyclic) bond motifs is 2. The van der Waals surface area contributed by atoms with E-state index in [1.54, 1.807) is 20.4 Å². The molecule has 0 spiro atoms. The molecule has 4 aromatic heterocycles. The third-order valence-electron chi connectivity index (χ3n) is 8.90. The molecule has 0 saturated carbocycles. The molecule has 9 N–H and O–H groups in total. The summed E-state index contributed by atoms with van der Waals surface area (Å²) in [6.45, 7) is -9.69. The summed E-state index contributed by atoms with van der Waals surface area (Å²) in [5.41, 5.74) is 1.12. The van der Waals surface area contributed by atoms with Crippen molar-refractivity contribution in [2.24, 2.45) is 0 Å². The Bertz CT molecular complexity index is 2490. The molecule has 0 amide bonds. The second-order valence-electron chi connectivity index (χ2n) is 13.1. The van der Waals surface area contributed by atoms with Crippen molar-refractivity contribution in [3.63, 3.8) is 0 Å². The number of nitrogens with one attached hydrogen (secondary N) is 2. The van der Waals surface area contributed by atoms with E-state index in [1.165, 1.54) is 45.3 Å². The zero-order chi connectivity index (χ0) is 45.5. The van der Waals surface area contributed by atoms with Crippen LogP contribution in [0.3, 0.4) is 0 Å². The van der Waals surface area contributed by atoms with E-state index in [0.717, 1.165) is 6.42 Å². The van der Waals surface area contributed by atoms with Crippen LogP contribution in [0.5, 0.6) is 0 Å². The van der Waals surface area contributed by atoms with Gasteiger partial charge in [-0.25, -0.2) is 43.1 Å². The number of thioether (sulfide) groups is 2. The molecule has 5 unspecified atom stereocenters. The number of thiol groups is 1. The second-order valence-corrected chi connectivity index (χ2v) is 26.3. The standard InChI is InChI=1S/C27H41ClN10O16P4S4.4Na/c1-5-6-62-27-34-20(30-3)14-22(36-27)38(10-32-14)24-18(42)16(40)12(52-24)8-50-58(48,60)54-56(45,46)25(28)55(43,44)53-57(47,59)49-7-11-15(39)17(41)23(51-11)37-9-31-13-19(29-2)33-26(61-4)35-21(13)37;;;;/h9-12,15-18,23-25,39-42H,5-8H2,1-4H3,(H,43,44)(H,45,46)(H,47,59)(H,48,60)(H,29,33,35)(H,30,34,36);;;;/q;4*+1/t11-,12-,15-,16-,17-,18-,23-,24-,25?,57?,58?;;;;/m1..../s1. The molecule has 2 saturated heterocycles. The van der Waals surface area contributed by atoms with Crippen molar-refractivity contribution >= 4 is 122 Å². The van der Waals surface area contributed by atoms with Crippen LogP contribution in [-0.2, 0) is 52.6 Å². The van der Waals surface area contributed by atoms with Crippen molar-refractivity contribution in [2.45, 2.75) is 77.6 Å². The summed E-state index contributed by atoms with van der Waals surface area (Å²) < 4.78 is 72.9. The summed E-state index contributed by atoms with van der Waals surface area (Å²) in [6.07, 6.45) is -6.98. The number of halogens is 1. The summed E-state index contributed by atoms with van der Waals surface area (Å²) >= 11 is 16.9. The smallest absolute Gasteiger partial charge is 0.387 e. The summed E-state index contributed by atoms with van der Waals surface area (Å²) in [4.78, 5) is 54.9. The summed E-state index contributed by atoms with van der Waals surface area (Å²) in [5, 5.41) is 49.8.